The van der Waals surface area contributed by atoms with E-state index in [1.165, 1.54) is 6.42 Å². The van der Waals surface area contributed by atoms with Crippen molar-refractivity contribution >= 4 is 6.09 Å². The molecule has 0 aromatic carbocycles. The van der Waals surface area contributed by atoms with Crippen molar-refractivity contribution in [1.82, 2.24) is 14.9 Å². The first kappa shape index (κ1) is 19.0. The lowest BCUT2D eigenvalue weighted by atomic mass is 9.91. The summed E-state index contributed by atoms with van der Waals surface area (Å²) in [6, 6.07) is 3.62. The summed E-state index contributed by atoms with van der Waals surface area (Å²) in [5, 5.41) is 8.97. The van der Waals surface area contributed by atoms with E-state index in [9.17, 15) is 4.79 Å². The minimum absolute atomic E-state index is 0.129. The lowest BCUT2D eigenvalue weighted by molar-refractivity contribution is 0.0473. The summed E-state index contributed by atoms with van der Waals surface area (Å²) in [5.41, 5.74) is 0.152. The SMILES string of the molecule is Cc1nc(C#N)cc(OCC[C@@H]2C[C@@H]2C2CCN(C(=O)OC3(C)CC3)CC2)n1. The Labute approximate surface area is 166 Å². The van der Waals surface area contributed by atoms with Crippen molar-refractivity contribution in [1.29, 1.82) is 5.26 Å². The maximum atomic E-state index is 12.2. The molecule has 0 bridgehead atoms. The Bertz CT molecular complexity index is 778. The van der Waals surface area contributed by atoms with Gasteiger partial charge in [0.2, 0.25) is 5.88 Å². The van der Waals surface area contributed by atoms with Crippen LogP contribution in [0.4, 0.5) is 4.79 Å². The van der Waals surface area contributed by atoms with Crippen LogP contribution in [-0.2, 0) is 4.74 Å². The number of ether oxygens (including phenoxy) is 2. The number of piperidine rings is 1. The fourth-order valence-electron chi connectivity index (χ4n) is 4.23. The normalized spacial score (nSPS) is 25.7. The van der Waals surface area contributed by atoms with Crippen molar-refractivity contribution in [2.24, 2.45) is 17.8 Å². The number of nitriles is 1. The molecule has 0 N–H and O–H groups in total. The Balaban J connectivity index is 1.16. The van der Waals surface area contributed by atoms with E-state index in [-0.39, 0.29) is 11.7 Å². The molecule has 1 saturated heterocycles. The number of aromatic nitrogens is 2. The van der Waals surface area contributed by atoms with Gasteiger partial charge >= 0.3 is 6.09 Å². The van der Waals surface area contributed by atoms with E-state index >= 15 is 0 Å². The van der Waals surface area contributed by atoms with Gasteiger partial charge in [0, 0.05) is 19.2 Å². The van der Waals surface area contributed by atoms with E-state index in [0.717, 1.165) is 51.1 Å². The number of hydrogen-bond donors (Lipinski definition) is 0. The summed E-state index contributed by atoms with van der Waals surface area (Å²) >= 11 is 0. The number of rotatable bonds is 6. The Kier molecular flexibility index (Phi) is 5.13. The molecule has 2 atom stereocenters. The zero-order chi connectivity index (χ0) is 19.7. The minimum Gasteiger partial charge on any atom is -0.478 e. The van der Waals surface area contributed by atoms with Crippen molar-refractivity contribution in [3.8, 4) is 11.9 Å². The predicted octanol–water partition coefficient (Wildman–Crippen LogP) is 3.46. The molecule has 3 aliphatic rings. The van der Waals surface area contributed by atoms with Crippen LogP contribution in [0.15, 0.2) is 6.07 Å². The molecule has 28 heavy (non-hydrogen) atoms. The fourth-order valence-corrected chi connectivity index (χ4v) is 4.23. The molecular formula is C21H28N4O3. The summed E-state index contributed by atoms with van der Waals surface area (Å²) in [6.07, 6.45) is 6.27. The molecule has 7 heteroatoms. The van der Waals surface area contributed by atoms with Gasteiger partial charge in [-0.2, -0.15) is 10.2 Å². The Hall–Kier alpha value is -2.36. The second kappa shape index (κ2) is 7.57. The summed E-state index contributed by atoms with van der Waals surface area (Å²) in [7, 11) is 0. The zero-order valence-electron chi connectivity index (χ0n) is 16.7. The highest BCUT2D eigenvalue weighted by Crippen LogP contribution is 2.50. The zero-order valence-corrected chi connectivity index (χ0v) is 16.7. The maximum absolute atomic E-state index is 12.2. The number of hydrogen-bond acceptors (Lipinski definition) is 6. The first-order valence-electron chi connectivity index (χ1n) is 10.3. The highest BCUT2D eigenvalue weighted by molar-refractivity contribution is 5.68. The van der Waals surface area contributed by atoms with Crippen LogP contribution < -0.4 is 4.74 Å². The van der Waals surface area contributed by atoms with E-state index < -0.39 is 0 Å². The molecule has 0 spiro atoms. The maximum Gasteiger partial charge on any atom is 0.410 e. The van der Waals surface area contributed by atoms with Gasteiger partial charge < -0.3 is 14.4 Å². The molecule has 1 aromatic heterocycles. The monoisotopic (exact) mass is 384 g/mol. The van der Waals surface area contributed by atoms with Crippen LogP contribution in [0.2, 0.25) is 0 Å². The highest BCUT2D eigenvalue weighted by Gasteiger charge is 2.45. The van der Waals surface area contributed by atoms with E-state index in [2.05, 4.69) is 9.97 Å². The van der Waals surface area contributed by atoms with E-state index in [4.69, 9.17) is 14.7 Å². The van der Waals surface area contributed by atoms with Crippen LogP contribution in [0.5, 0.6) is 5.88 Å². The number of nitrogens with zero attached hydrogens (tertiary/aromatic N) is 4. The first-order valence-corrected chi connectivity index (χ1v) is 10.3. The van der Waals surface area contributed by atoms with Crippen LogP contribution in [0, 0.1) is 36.0 Å². The van der Waals surface area contributed by atoms with Crippen LogP contribution in [0.3, 0.4) is 0 Å². The Morgan fingerprint density at radius 2 is 2.11 bits per heavy atom. The average Bonchev–Trinajstić information content (AvgIpc) is 3.59. The van der Waals surface area contributed by atoms with Crippen molar-refractivity contribution in [2.75, 3.05) is 19.7 Å². The number of aryl methyl sites for hydroxylation is 1. The van der Waals surface area contributed by atoms with Crippen molar-refractivity contribution in [3.05, 3.63) is 17.6 Å². The van der Waals surface area contributed by atoms with Gasteiger partial charge in [0.25, 0.3) is 0 Å². The fraction of sp³-hybridized carbons (Fsp3) is 0.714. The molecule has 0 radical (unpaired) electrons. The van der Waals surface area contributed by atoms with Crippen molar-refractivity contribution in [3.63, 3.8) is 0 Å². The van der Waals surface area contributed by atoms with Gasteiger partial charge in [0.05, 0.1) is 6.61 Å². The molecule has 150 valence electrons. The predicted molar refractivity (Wildman–Crippen MR) is 102 cm³/mol. The lowest BCUT2D eigenvalue weighted by Crippen LogP contribution is -2.40. The number of likely N-dealkylation sites (tertiary alicyclic amines) is 1. The second-order valence-electron chi connectivity index (χ2n) is 8.69. The average molecular weight is 384 g/mol. The number of carbonyl (C=O) groups excluding carboxylic acids is 1. The van der Waals surface area contributed by atoms with Gasteiger partial charge in [-0.1, -0.05) is 0 Å². The minimum atomic E-state index is -0.189. The van der Waals surface area contributed by atoms with Crippen LogP contribution in [0.25, 0.3) is 0 Å². The number of amides is 1. The van der Waals surface area contributed by atoms with Gasteiger partial charge in [0.1, 0.15) is 23.2 Å². The van der Waals surface area contributed by atoms with Crippen LogP contribution >= 0.6 is 0 Å². The molecular weight excluding hydrogens is 356 g/mol. The molecule has 2 saturated carbocycles. The molecule has 1 aromatic rings. The molecule has 3 fully saturated rings. The van der Waals surface area contributed by atoms with Crippen molar-refractivity contribution in [2.45, 2.75) is 58.0 Å². The highest BCUT2D eigenvalue weighted by atomic mass is 16.6. The van der Waals surface area contributed by atoms with Gasteiger partial charge in [0.15, 0.2) is 0 Å². The van der Waals surface area contributed by atoms with Gasteiger partial charge in [-0.3, -0.25) is 0 Å². The topological polar surface area (TPSA) is 88.3 Å². The third-order valence-electron chi connectivity index (χ3n) is 6.34. The van der Waals surface area contributed by atoms with E-state index in [1.54, 1.807) is 13.0 Å². The van der Waals surface area contributed by atoms with Gasteiger partial charge in [-0.05, 0) is 70.1 Å². The molecule has 0 unspecified atom stereocenters. The molecule has 1 amide bonds. The van der Waals surface area contributed by atoms with Crippen LogP contribution in [0.1, 0.15) is 57.0 Å². The Morgan fingerprint density at radius 3 is 2.79 bits per heavy atom. The molecule has 2 aliphatic carbocycles. The number of carbonyl (C=O) groups is 1. The Morgan fingerprint density at radius 1 is 1.36 bits per heavy atom. The van der Waals surface area contributed by atoms with Gasteiger partial charge in [-0.15, -0.1) is 0 Å². The van der Waals surface area contributed by atoms with Crippen LogP contribution in [-0.4, -0.2) is 46.3 Å². The summed E-state index contributed by atoms with van der Waals surface area (Å²) in [6.45, 7) is 6.02. The standard InChI is InChI=1S/C21H28N4O3/c1-14-23-17(13-22)12-19(24-14)27-10-5-16-11-18(16)15-3-8-25(9-4-15)20(26)28-21(2)6-7-21/h12,15-16,18H,3-11H2,1-2H3/t16-,18-/m1/s1. The van der Waals surface area contributed by atoms with Crippen molar-refractivity contribution < 1.29 is 14.3 Å². The molecule has 7 nitrogen and oxygen atoms in total. The summed E-state index contributed by atoms with van der Waals surface area (Å²) in [4.78, 5) is 22.4. The lowest BCUT2D eigenvalue weighted by Gasteiger charge is -2.32. The van der Waals surface area contributed by atoms with E-state index in [0.29, 0.717) is 35.8 Å². The van der Waals surface area contributed by atoms with E-state index in [1.807, 2.05) is 17.9 Å². The molecule has 4 rings (SSSR count). The summed E-state index contributed by atoms with van der Waals surface area (Å²) < 4.78 is 11.3. The smallest absolute Gasteiger partial charge is 0.410 e. The largest absolute Gasteiger partial charge is 0.478 e. The molecule has 1 aliphatic heterocycles. The quantitative estimate of drug-likeness (QED) is 0.746. The van der Waals surface area contributed by atoms with Gasteiger partial charge in [-0.25, -0.2) is 9.78 Å². The third kappa shape index (κ3) is 4.54. The third-order valence-corrected chi connectivity index (χ3v) is 6.34. The summed E-state index contributed by atoms with van der Waals surface area (Å²) in [5.74, 6) is 3.20. The first-order chi connectivity index (χ1) is 13.5. The molecule has 2 heterocycles. The second-order valence-corrected chi connectivity index (χ2v) is 8.69.